The molecule has 2 aliphatic carbocycles. The third-order valence-electron chi connectivity index (χ3n) is 6.56. The molecule has 2 aromatic carbocycles. The molecule has 0 aromatic heterocycles. The molecule has 0 N–H and O–H groups in total. The molecule has 0 saturated heterocycles. The van der Waals surface area contributed by atoms with E-state index in [4.69, 9.17) is 0 Å². The standard InChI is InChI=1S/C21H25.C5H5.C2H6.CH5Si.2ClH.Zr/c1-20(2,3)16-7-9-18-14(12-16)11-15-13-17(21(4,5)6)8-10-19(15)18;1-2-4-5-3-1;2*1-2;;;/h7-10,12H,11H2,1-6H3;1-3H,4H2;1-2H3;2H2,1H3;2*1H;/q;;;;;;+2/p-2. The van der Waals surface area contributed by atoms with Gasteiger partial charge in [0.1, 0.15) is 0 Å². The first kappa shape index (κ1) is 30.6. The molecule has 0 nitrogen and oxygen atoms in total. The maximum atomic E-state index is 2.58. The topological polar surface area (TPSA) is 0 Å². The van der Waals surface area contributed by atoms with Gasteiger partial charge in [-0.3, -0.25) is 0 Å². The minimum absolute atomic E-state index is 0. The zero-order valence-corrected chi connectivity index (χ0v) is 27.4. The second-order valence-electron chi connectivity index (χ2n) is 10.7. The number of halogens is 2. The molecule has 2 aliphatic rings. The Morgan fingerprint density at radius 3 is 2.00 bits per heavy atom. The monoisotopic (exact) mass is 577 g/mol. The van der Waals surface area contributed by atoms with Crippen LogP contribution in [0.5, 0.6) is 0 Å². The summed E-state index contributed by atoms with van der Waals surface area (Å²) >= 11 is -1.76. The molecule has 2 aromatic rings. The van der Waals surface area contributed by atoms with Crippen LogP contribution in [-0.4, -0.2) is 6.65 Å². The third-order valence-corrected chi connectivity index (χ3v) is 23.0. The van der Waals surface area contributed by atoms with Crippen molar-refractivity contribution in [2.24, 2.45) is 0 Å². The molecule has 0 amide bonds. The largest absolute Gasteiger partial charge is 1.00 e. The fourth-order valence-corrected chi connectivity index (χ4v) is 21.4. The number of hydrogen-bond donors (Lipinski definition) is 0. The van der Waals surface area contributed by atoms with E-state index in [0.29, 0.717) is 0 Å². The first-order chi connectivity index (χ1) is 14.6. The van der Waals surface area contributed by atoms with E-state index in [1.807, 2.05) is 20.4 Å². The van der Waals surface area contributed by atoms with Crippen molar-refractivity contribution in [3.63, 3.8) is 0 Å². The summed E-state index contributed by atoms with van der Waals surface area (Å²) in [4.78, 5) is 0. The van der Waals surface area contributed by atoms with Gasteiger partial charge in [0.2, 0.25) is 0 Å². The van der Waals surface area contributed by atoms with Crippen molar-refractivity contribution < 1.29 is 45.7 Å². The summed E-state index contributed by atoms with van der Waals surface area (Å²) < 4.78 is 3.71. The van der Waals surface area contributed by atoms with E-state index in [0.717, 1.165) is 6.42 Å². The van der Waals surface area contributed by atoms with Gasteiger partial charge in [-0.2, -0.15) is 0 Å². The summed E-state index contributed by atoms with van der Waals surface area (Å²) in [5.41, 5.74) is 9.83. The van der Waals surface area contributed by atoms with Crippen molar-refractivity contribution >= 4 is 9.92 Å². The number of hydrogen-bond acceptors (Lipinski definition) is 0. The Bertz CT molecular complexity index is 1020. The zero-order valence-electron chi connectivity index (χ0n) is 22.0. The summed E-state index contributed by atoms with van der Waals surface area (Å²) in [5.74, 6) is 0. The Balaban J connectivity index is 0.00000133. The summed E-state index contributed by atoms with van der Waals surface area (Å²) in [7, 11) is 0. The predicted octanol–water partition coefficient (Wildman–Crippen LogP) is 1.11. The quantitative estimate of drug-likeness (QED) is 0.408. The van der Waals surface area contributed by atoms with E-state index in [1.54, 1.807) is 16.7 Å². The first-order valence-corrected chi connectivity index (χ1v) is 21.9. The van der Waals surface area contributed by atoms with Crippen LogP contribution in [0.4, 0.5) is 0 Å². The molecule has 4 rings (SSSR count). The minimum atomic E-state index is -1.76. The van der Waals surface area contributed by atoms with Gasteiger partial charge in [0.05, 0.1) is 0 Å². The Morgan fingerprint density at radius 2 is 1.48 bits per heavy atom. The van der Waals surface area contributed by atoms with E-state index in [-0.39, 0.29) is 42.3 Å². The molecule has 0 bridgehead atoms. The molecule has 0 atom stereocenters. The molecule has 0 aliphatic heterocycles. The summed E-state index contributed by atoms with van der Waals surface area (Å²) in [6.07, 6.45) is 9.54. The van der Waals surface area contributed by atoms with Crippen LogP contribution < -0.4 is 28.1 Å². The van der Waals surface area contributed by atoms with Crippen LogP contribution >= 0.6 is 0 Å². The third kappa shape index (κ3) is 6.24. The molecule has 179 valence electrons. The zero-order chi connectivity index (χ0) is 23.0. The second kappa shape index (κ2) is 12.0. The Morgan fingerprint density at radius 1 is 0.848 bits per heavy atom. The van der Waals surface area contributed by atoms with Crippen LogP contribution in [0.1, 0.15) is 84.1 Å². The van der Waals surface area contributed by atoms with E-state index in [2.05, 4.69) is 96.6 Å². The van der Waals surface area contributed by atoms with Crippen LogP contribution in [0.15, 0.2) is 51.8 Å². The summed E-state index contributed by atoms with van der Waals surface area (Å²) in [6.45, 7) is 20.8. The smallest absolute Gasteiger partial charge is 1.00 e. The predicted molar refractivity (Wildman–Crippen MR) is 139 cm³/mol. The van der Waals surface area contributed by atoms with E-state index in [1.165, 1.54) is 23.1 Å². The maximum Gasteiger partial charge on any atom is -1.00 e. The van der Waals surface area contributed by atoms with Crippen molar-refractivity contribution in [1.29, 1.82) is 0 Å². The Hall–Kier alpha value is -0.400. The fraction of sp³-hybridized carbons (Fsp3) is 0.448. The Kier molecular flexibility index (Phi) is 11.2. The molecular weight excluding hydrogens is 539 g/mol. The Labute approximate surface area is 225 Å². The van der Waals surface area contributed by atoms with Gasteiger partial charge in [-0.15, -0.1) is 0 Å². The molecule has 0 unspecified atom stereocenters. The molecule has 0 fully saturated rings. The van der Waals surface area contributed by atoms with Gasteiger partial charge in [-0.1, -0.05) is 13.8 Å². The minimum Gasteiger partial charge on any atom is -1.00 e. The van der Waals surface area contributed by atoms with E-state index >= 15 is 0 Å². The van der Waals surface area contributed by atoms with Crippen molar-refractivity contribution in [2.75, 3.05) is 0 Å². The van der Waals surface area contributed by atoms with Gasteiger partial charge in [0.25, 0.3) is 0 Å². The van der Waals surface area contributed by atoms with Crippen molar-refractivity contribution in [1.82, 2.24) is 0 Å². The summed E-state index contributed by atoms with van der Waals surface area (Å²) in [6, 6.07) is 12.2. The van der Waals surface area contributed by atoms with Crippen molar-refractivity contribution in [3.8, 4) is 11.1 Å². The van der Waals surface area contributed by atoms with Crippen LogP contribution in [0.2, 0.25) is 6.55 Å². The first-order valence-electron chi connectivity index (χ1n) is 12.1. The molecule has 0 heterocycles. The van der Waals surface area contributed by atoms with Crippen LogP contribution in [0, 0.1) is 0 Å². The molecule has 0 radical (unpaired) electrons. The van der Waals surface area contributed by atoms with Crippen molar-refractivity contribution in [2.45, 2.75) is 85.6 Å². The fourth-order valence-electron chi connectivity index (χ4n) is 4.95. The van der Waals surface area contributed by atoms with Crippen LogP contribution in [-0.2, 0) is 38.2 Å². The number of benzene rings is 2. The maximum absolute atomic E-state index is 2.58. The van der Waals surface area contributed by atoms with Gasteiger partial charge >= 0.3 is 188 Å². The van der Waals surface area contributed by atoms with E-state index in [9.17, 15) is 0 Å². The number of rotatable bonds is 3. The molecular formula is C29H41Cl2SiZr. The molecule has 0 spiro atoms. The van der Waals surface area contributed by atoms with Crippen LogP contribution in [0.25, 0.3) is 11.1 Å². The van der Waals surface area contributed by atoms with Gasteiger partial charge in [-0.25, -0.2) is 0 Å². The normalized spacial score (nSPS) is 14.0. The van der Waals surface area contributed by atoms with Crippen molar-refractivity contribution in [3.05, 3.63) is 74.1 Å². The number of allylic oxidation sites excluding steroid dienone is 4. The average Bonchev–Trinajstić information content (AvgIpc) is 3.36. The van der Waals surface area contributed by atoms with E-state index < -0.39 is 20.9 Å². The number of fused-ring (bicyclic) bond motifs is 3. The van der Waals surface area contributed by atoms with Crippen LogP contribution in [0.3, 0.4) is 0 Å². The van der Waals surface area contributed by atoms with Gasteiger partial charge in [-0.05, 0) is 0 Å². The van der Waals surface area contributed by atoms with Gasteiger partial charge in [0, 0.05) is 0 Å². The summed E-state index contributed by atoms with van der Waals surface area (Å²) in [5, 5.41) is 0. The SMILES string of the molecule is CC.C[SiH2][Zr+2]([C]1=CC=CC1)[c]1c(C(C)(C)C)ccc2c1Cc1cc(C(C)(C)C)ccc1-2.[Cl-].[Cl-]. The molecule has 0 saturated carbocycles. The molecule has 4 heteroatoms. The average molecular weight is 580 g/mol. The second-order valence-corrected chi connectivity index (χ2v) is 26.0. The van der Waals surface area contributed by atoms with Gasteiger partial charge < -0.3 is 24.8 Å². The van der Waals surface area contributed by atoms with Gasteiger partial charge in [0.15, 0.2) is 0 Å². The molecule has 33 heavy (non-hydrogen) atoms.